The molecular weight excluding hydrogens is 311 g/mol. The normalized spacial score (nSPS) is 19.6. The Morgan fingerprint density at radius 2 is 1.96 bits per heavy atom. The highest BCUT2D eigenvalue weighted by molar-refractivity contribution is 5.88. The van der Waals surface area contributed by atoms with Crippen molar-refractivity contribution in [2.45, 2.75) is 31.1 Å². The average molecular weight is 329 g/mol. The third-order valence-corrected chi connectivity index (χ3v) is 3.82. The van der Waals surface area contributed by atoms with Crippen LogP contribution in [0.4, 0.5) is 13.2 Å². The number of carbonyl (C=O) groups excluding carboxylic acids is 2. The van der Waals surface area contributed by atoms with Gasteiger partial charge in [0.05, 0.1) is 6.54 Å². The lowest BCUT2D eigenvalue weighted by Crippen LogP contribution is -2.48. The van der Waals surface area contributed by atoms with Crippen LogP contribution in [0.25, 0.3) is 0 Å². The van der Waals surface area contributed by atoms with Crippen LogP contribution < -0.4 is 11.1 Å². The van der Waals surface area contributed by atoms with E-state index < -0.39 is 36.6 Å². The van der Waals surface area contributed by atoms with E-state index >= 15 is 0 Å². The molecule has 126 valence electrons. The molecule has 1 saturated heterocycles. The third kappa shape index (κ3) is 4.22. The van der Waals surface area contributed by atoms with E-state index in [0.29, 0.717) is 19.4 Å². The summed E-state index contributed by atoms with van der Waals surface area (Å²) in [4.78, 5) is 24.6. The number of primary amides is 1. The van der Waals surface area contributed by atoms with E-state index in [-0.39, 0.29) is 5.56 Å². The number of likely N-dealkylation sites (tertiary alicyclic amines) is 1. The molecule has 0 aromatic heterocycles. The number of hydrogen-bond acceptors (Lipinski definition) is 3. The topological polar surface area (TPSA) is 75.4 Å². The number of amides is 2. The first-order valence-corrected chi connectivity index (χ1v) is 7.24. The Balaban J connectivity index is 2.04. The van der Waals surface area contributed by atoms with Crippen LogP contribution >= 0.6 is 0 Å². The first-order valence-electron chi connectivity index (χ1n) is 7.24. The van der Waals surface area contributed by atoms with Crippen molar-refractivity contribution >= 4 is 11.8 Å². The molecule has 2 atom stereocenters. The molecule has 1 aliphatic heterocycles. The van der Waals surface area contributed by atoms with Gasteiger partial charge in [-0.15, -0.1) is 0 Å². The zero-order chi connectivity index (χ0) is 17.0. The summed E-state index contributed by atoms with van der Waals surface area (Å²) in [6, 6.07) is 4.63. The molecule has 1 aromatic carbocycles. The van der Waals surface area contributed by atoms with E-state index in [1.165, 1.54) is 29.2 Å². The molecular formula is C15H18F3N3O2. The maximum absolute atomic E-state index is 13.2. The lowest BCUT2D eigenvalue weighted by molar-refractivity contribution is -0.159. The molecule has 5 nitrogen and oxygen atoms in total. The summed E-state index contributed by atoms with van der Waals surface area (Å²) in [7, 11) is 0. The Hall–Kier alpha value is -2.09. The Kier molecular flexibility index (Phi) is 5.25. The van der Waals surface area contributed by atoms with Crippen molar-refractivity contribution in [3.8, 4) is 0 Å². The number of rotatable bonds is 5. The van der Waals surface area contributed by atoms with Gasteiger partial charge in [-0.2, -0.15) is 13.2 Å². The Morgan fingerprint density at radius 1 is 1.30 bits per heavy atom. The van der Waals surface area contributed by atoms with Crippen LogP contribution in [0, 0.1) is 0 Å². The minimum Gasteiger partial charge on any atom is -0.368 e. The van der Waals surface area contributed by atoms with Crippen LogP contribution in [0.1, 0.15) is 24.4 Å². The van der Waals surface area contributed by atoms with Gasteiger partial charge >= 0.3 is 6.18 Å². The van der Waals surface area contributed by atoms with E-state index in [1.807, 2.05) is 0 Å². The van der Waals surface area contributed by atoms with Gasteiger partial charge in [0.1, 0.15) is 12.1 Å². The standard InChI is InChI=1S/C15H18F3N3O2/c16-15(17,18)13(10-5-2-1-3-6-10)20-9-12(22)21-8-4-7-11(21)14(19)23/h1-3,5-6,11,13,20H,4,7-9H2,(H2,19,23)/t11-,13-/m1/s1. The van der Waals surface area contributed by atoms with Crippen LogP contribution in [0.15, 0.2) is 30.3 Å². The van der Waals surface area contributed by atoms with Gasteiger partial charge in [0.15, 0.2) is 0 Å². The van der Waals surface area contributed by atoms with Crippen LogP contribution in [0.2, 0.25) is 0 Å². The number of hydrogen-bond donors (Lipinski definition) is 2. The van der Waals surface area contributed by atoms with Crippen LogP contribution in [-0.4, -0.2) is 42.0 Å². The lowest BCUT2D eigenvalue weighted by atomic mass is 10.1. The summed E-state index contributed by atoms with van der Waals surface area (Å²) in [6.45, 7) is -0.182. The summed E-state index contributed by atoms with van der Waals surface area (Å²) in [5.74, 6) is -1.19. The van der Waals surface area contributed by atoms with E-state index in [9.17, 15) is 22.8 Å². The van der Waals surface area contributed by atoms with Crippen LogP contribution in [0.3, 0.4) is 0 Å². The lowest BCUT2D eigenvalue weighted by Gasteiger charge is -2.25. The highest BCUT2D eigenvalue weighted by atomic mass is 19.4. The molecule has 0 unspecified atom stereocenters. The molecule has 0 radical (unpaired) electrons. The maximum Gasteiger partial charge on any atom is 0.407 e. The van der Waals surface area contributed by atoms with E-state index in [1.54, 1.807) is 6.07 Å². The summed E-state index contributed by atoms with van der Waals surface area (Å²) in [5, 5.41) is 2.24. The van der Waals surface area contributed by atoms with E-state index in [2.05, 4.69) is 5.32 Å². The summed E-state index contributed by atoms with van der Waals surface area (Å²) in [5.41, 5.74) is 5.24. The van der Waals surface area contributed by atoms with Gasteiger partial charge in [0.25, 0.3) is 0 Å². The monoisotopic (exact) mass is 329 g/mol. The van der Waals surface area contributed by atoms with E-state index in [0.717, 1.165) is 0 Å². The number of benzene rings is 1. The molecule has 1 fully saturated rings. The molecule has 23 heavy (non-hydrogen) atoms. The smallest absolute Gasteiger partial charge is 0.368 e. The first kappa shape index (κ1) is 17.3. The fourth-order valence-electron chi connectivity index (χ4n) is 2.72. The van der Waals surface area contributed by atoms with Crippen molar-refractivity contribution in [1.82, 2.24) is 10.2 Å². The molecule has 8 heteroatoms. The molecule has 2 rings (SSSR count). The number of nitrogens with one attached hydrogen (secondary N) is 1. The first-order chi connectivity index (χ1) is 10.8. The van der Waals surface area contributed by atoms with Crippen molar-refractivity contribution < 1.29 is 22.8 Å². The van der Waals surface area contributed by atoms with Crippen molar-refractivity contribution in [2.75, 3.05) is 13.1 Å². The second kappa shape index (κ2) is 6.99. The van der Waals surface area contributed by atoms with Crippen molar-refractivity contribution in [1.29, 1.82) is 0 Å². The SMILES string of the molecule is NC(=O)[C@H]1CCCN1C(=O)CN[C@H](c1ccccc1)C(F)(F)F. The zero-order valence-corrected chi connectivity index (χ0v) is 12.3. The molecule has 3 N–H and O–H groups in total. The molecule has 1 aromatic rings. The Morgan fingerprint density at radius 3 is 2.52 bits per heavy atom. The molecule has 1 aliphatic rings. The van der Waals surface area contributed by atoms with Crippen molar-refractivity contribution in [3.63, 3.8) is 0 Å². The zero-order valence-electron chi connectivity index (χ0n) is 12.3. The summed E-state index contributed by atoms with van der Waals surface area (Å²) >= 11 is 0. The number of nitrogens with zero attached hydrogens (tertiary/aromatic N) is 1. The quantitative estimate of drug-likeness (QED) is 0.856. The van der Waals surface area contributed by atoms with Gasteiger partial charge in [-0.05, 0) is 18.4 Å². The maximum atomic E-state index is 13.2. The third-order valence-electron chi connectivity index (χ3n) is 3.82. The Labute approximate surface area is 131 Å². The summed E-state index contributed by atoms with van der Waals surface area (Å²) < 4.78 is 39.5. The second-order valence-corrected chi connectivity index (χ2v) is 5.41. The molecule has 0 saturated carbocycles. The molecule has 2 amide bonds. The average Bonchev–Trinajstić information content (AvgIpc) is 2.96. The molecule has 0 spiro atoms. The van der Waals surface area contributed by atoms with E-state index in [4.69, 9.17) is 5.73 Å². The fourth-order valence-corrected chi connectivity index (χ4v) is 2.72. The van der Waals surface area contributed by atoms with Gasteiger partial charge < -0.3 is 10.6 Å². The predicted octanol–water partition coefficient (Wildman–Crippen LogP) is 1.36. The summed E-state index contributed by atoms with van der Waals surface area (Å²) in [6.07, 6.45) is -3.47. The predicted molar refractivity (Wildman–Crippen MR) is 77.2 cm³/mol. The number of nitrogens with two attached hydrogens (primary N) is 1. The van der Waals surface area contributed by atoms with Crippen LogP contribution in [0.5, 0.6) is 0 Å². The minimum atomic E-state index is -4.53. The van der Waals surface area contributed by atoms with Gasteiger partial charge in [0.2, 0.25) is 11.8 Å². The highest BCUT2D eigenvalue weighted by Gasteiger charge is 2.41. The number of halogens is 3. The largest absolute Gasteiger partial charge is 0.407 e. The molecule has 1 heterocycles. The van der Waals surface area contributed by atoms with Crippen LogP contribution in [-0.2, 0) is 9.59 Å². The number of alkyl halides is 3. The second-order valence-electron chi connectivity index (χ2n) is 5.41. The van der Waals surface area contributed by atoms with Crippen molar-refractivity contribution in [2.24, 2.45) is 5.73 Å². The van der Waals surface area contributed by atoms with Gasteiger partial charge in [0, 0.05) is 6.54 Å². The Bertz CT molecular complexity index is 563. The fraction of sp³-hybridized carbons (Fsp3) is 0.467. The van der Waals surface area contributed by atoms with Gasteiger partial charge in [-0.1, -0.05) is 30.3 Å². The van der Waals surface area contributed by atoms with Gasteiger partial charge in [-0.3, -0.25) is 14.9 Å². The molecule has 0 bridgehead atoms. The minimum absolute atomic E-state index is 0.0284. The molecule has 0 aliphatic carbocycles. The number of carbonyl (C=O) groups is 2. The highest BCUT2D eigenvalue weighted by Crippen LogP contribution is 2.32. The van der Waals surface area contributed by atoms with Gasteiger partial charge in [-0.25, -0.2) is 0 Å². The van der Waals surface area contributed by atoms with Crippen molar-refractivity contribution in [3.05, 3.63) is 35.9 Å².